The third-order valence-corrected chi connectivity index (χ3v) is 4.32. The molecule has 120 valence electrons. The van der Waals surface area contributed by atoms with Gasteiger partial charge in [-0.3, -0.25) is 4.79 Å². The normalized spacial score (nSPS) is 13.6. The molecule has 0 saturated heterocycles. The van der Waals surface area contributed by atoms with Gasteiger partial charge < -0.3 is 9.80 Å². The van der Waals surface area contributed by atoms with E-state index < -0.39 is 0 Å². The lowest BCUT2D eigenvalue weighted by Crippen LogP contribution is -2.40. The fourth-order valence-corrected chi connectivity index (χ4v) is 3.03. The largest absolute Gasteiger partial charge is 0.362 e. The van der Waals surface area contributed by atoms with Crippen LogP contribution < -0.4 is 4.90 Å². The van der Waals surface area contributed by atoms with Gasteiger partial charge in [0.25, 0.3) is 0 Å². The number of amides is 1. The Hall–Kier alpha value is -2.36. The van der Waals surface area contributed by atoms with E-state index in [1.807, 2.05) is 12.1 Å². The monoisotopic (exact) mass is 312 g/mol. The van der Waals surface area contributed by atoms with Gasteiger partial charge in [0.15, 0.2) is 0 Å². The second kappa shape index (κ2) is 6.82. The number of carbonyl (C=O) groups is 1. The van der Waals surface area contributed by atoms with Gasteiger partial charge in [0, 0.05) is 31.4 Å². The average molecular weight is 312 g/mol. The lowest BCUT2D eigenvalue weighted by molar-refractivity contribution is -0.129. The highest BCUT2D eigenvalue weighted by atomic mass is 19.1. The molecule has 1 aliphatic heterocycles. The SMILES string of the molecule is CN(Cc1ccccc1F)C(=O)CN1CCCc2ccccc21. The maximum absolute atomic E-state index is 13.7. The van der Waals surface area contributed by atoms with Crippen LogP contribution in [-0.4, -0.2) is 30.9 Å². The van der Waals surface area contributed by atoms with Gasteiger partial charge in [0.1, 0.15) is 5.82 Å². The summed E-state index contributed by atoms with van der Waals surface area (Å²) in [6.45, 7) is 1.51. The van der Waals surface area contributed by atoms with Crippen molar-refractivity contribution in [1.29, 1.82) is 0 Å². The predicted octanol–water partition coefficient (Wildman–Crippen LogP) is 3.24. The van der Waals surface area contributed by atoms with Crippen LogP contribution in [-0.2, 0) is 17.8 Å². The number of likely N-dealkylation sites (N-methyl/N-ethyl adjacent to an activating group) is 1. The second-order valence-corrected chi connectivity index (χ2v) is 6.00. The van der Waals surface area contributed by atoms with Crippen LogP contribution in [0.15, 0.2) is 48.5 Å². The average Bonchev–Trinajstić information content (AvgIpc) is 2.57. The first-order valence-corrected chi connectivity index (χ1v) is 7.95. The number of hydrogen-bond acceptors (Lipinski definition) is 2. The summed E-state index contributed by atoms with van der Waals surface area (Å²) >= 11 is 0. The van der Waals surface area contributed by atoms with Crippen molar-refractivity contribution in [3.8, 4) is 0 Å². The summed E-state index contributed by atoms with van der Waals surface area (Å²) in [5.41, 5.74) is 2.98. The third kappa shape index (κ3) is 3.52. The minimum atomic E-state index is -0.268. The van der Waals surface area contributed by atoms with E-state index >= 15 is 0 Å². The summed E-state index contributed by atoms with van der Waals surface area (Å²) in [4.78, 5) is 16.2. The summed E-state index contributed by atoms with van der Waals surface area (Å²) in [7, 11) is 1.73. The van der Waals surface area contributed by atoms with E-state index in [-0.39, 0.29) is 11.7 Å². The van der Waals surface area contributed by atoms with Gasteiger partial charge in [-0.1, -0.05) is 36.4 Å². The molecular formula is C19H21FN2O. The predicted molar refractivity (Wildman–Crippen MR) is 89.9 cm³/mol. The molecule has 2 aromatic rings. The Morgan fingerprint density at radius 1 is 1.17 bits per heavy atom. The smallest absolute Gasteiger partial charge is 0.242 e. The molecule has 0 aromatic heterocycles. The molecule has 4 heteroatoms. The molecule has 0 spiro atoms. The first-order chi connectivity index (χ1) is 11.1. The van der Waals surface area contributed by atoms with Crippen molar-refractivity contribution in [2.24, 2.45) is 0 Å². The van der Waals surface area contributed by atoms with Crippen LogP contribution in [0.1, 0.15) is 17.5 Å². The van der Waals surface area contributed by atoms with Crippen molar-refractivity contribution in [2.45, 2.75) is 19.4 Å². The quantitative estimate of drug-likeness (QED) is 0.865. The molecule has 23 heavy (non-hydrogen) atoms. The highest BCUT2D eigenvalue weighted by Gasteiger charge is 2.20. The van der Waals surface area contributed by atoms with Crippen LogP contribution in [0.2, 0.25) is 0 Å². The van der Waals surface area contributed by atoms with Crippen molar-refractivity contribution in [3.05, 3.63) is 65.5 Å². The van der Waals surface area contributed by atoms with E-state index in [2.05, 4.69) is 17.0 Å². The summed E-state index contributed by atoms with van der Waals surface area (Å²) in [5, 5.41) is 0. The summed E-state index contributed by atoms with van der Waals surface area (Å²) < 4.78 is 13.7. The standard InChI is InChI=1S/C19H21FN2O/c1-21(13-16-8-2-4-10-17(16)20)19(23)14-22-12-6-9-15-7-3-5-11-18(15)22/h2-5,7-8,10-11H,6,9,12-14H2,1H3. The third-order valence-electron chi connectivity index (χ3n) is 4.32. The van der Waals surface area contributed by atoms with E-state index in [1.54, 1.807) is 30.1 Å². The molecule has 0 radical (unpaired) electrons. The number of benzene rings is 2. The molecule has 3 nitrogen and oxygen atoms in total. The van der Waals surface area contributed by atoms with Crippen molar-refractivity contribution in [2.75, 3.05) is 25.0 Å². The molecule has 0 N–H and O–H groups in total. The van der Waals surface area contributed by atoms with Crippen LogP contribution in [0.4, 0.5) is 10.1 Å². The van der Waals surface area contributed by atoms with E-state index in [0.717, 1.165) is 25.1 Å². The molecule has 0 aliphatic carbocycles. The summed E-state index contributed by atoms with van der Waals surface area (Å²) in [6, 6.07) is 14.8. The van der Waals surface area contributed by atoms with Gasteiger partial charge >= 0.3 is 0 Å². The Balaban J connectivity index is 1.67. The van der Waals surface area contributed by atoms with Crippen molar-refractivity contribution >= 4 is 11.6 Å². The highest BCUT2D eigenvalue weighted by molar-refractivity contribution is 5.81. The minimum absolute atomic E-state index is 0.00459. The Morgan fingerprint density at radius 2 is 1.91 bits per heavy atom. The Morgan fingerprint density at radius 3 is 2.74 bits per heavy atom. The van der Waals surface area contributed by atoms with Gasteiger partial charge in [-0.05, 0) is 30.5 Å². The zero-order chi connectivity index (χ0) is 16.2. The number of anilines is 1. The maximum Gasteiger partial charge on any atom is 0.242 e. The fraction of sp³-hybridized carbons (Fsp3) is 0.316. The van der Waals surface area contributed by atoms with Crippen LogP contribution in [0, 0.1) is 5.82 Å². The molecule has 1 amide bonds. The minimum Gasteiger partial charge on any atom is -0.362 e. The number of fused-ring (bicyclic) bond motifs is 1. The van der Waals surface area contributed by atoms with Gasteiger partial charge in [0.05, 0.1) is 6.54 Å². The van der Waals surface area contributed by atoms with Crippen molar-refractivity contribution < 1.29 is 9.18 Å². The number of rotatable bonds is 4. The second-order valence-electron chi connectivity index (χ2n) is 6.00. The van der Waals surface area contributed by atoms with Gasteiger partial charge in [0.2, 0.25) is 5.91 Å². The first kappa shape index (κ1) is 15.5. The Labute approximate surface area is 136 Å². The molecular weight excluding hydrogens is 291 g/mol. The van der Waals surface area contributed by atoms with E-state index in [4.69, 9.17) is 0 Å². The zero-order valence-electron chi connectivity index (χ0n) is 13.3. The fourth-order valence-electron chi connectivity index (χ4n) is 3.03. The van der Waals surface area contributed by atoms with Gasteiger partial charge in [-0.15, -0.1) is 0 Å². The number of carbonyl (C=O) groups excluding carboxylic acids is 1. The number of para-hydroxylation sites is 1. The molecule has 0 unspecified atom stereocenters. The lowest BCUT2D eigenvalue weighted by Gasteiger charge is -2.32. The van der Waals surface area contributed by atoms with Crippen molar-refractivity contribution in [1.82, 2.24) is 4.90 Å². The molecule has 1 heterocycles. The number of nitrogens with zero attached hydrogens (tertiary/aromatic N) is 2. The van der Waals surface area contributed by atoms with Crippen molar-refractivity contribution in [3.63, 3.8) is 0 Å². The number of halogens is 1. The lowest BCUT2D eigenvalue weighted by atomic mass is 10.0. The molecule has 0 saturated carbocycles. The van der Waals surface area contributed by atoms with E-state index in [0.29, 0.717) is 18.7 Å². The van der Waals surface area contributed by atoms with Crippen LogP contribution >= 0.6 is 0 Å². The number of hydrogen-bond donors (Lipinski definition) is 0. The number of aryl methyl sites for hydroxylation is 1. The topological polar surface area (TPSA) is 23.6 Å². The van der Waals surface area contributed by atoms with E-state index in [1.165, 1.54) is 11.6 Å². The van der Waals surface area contributed by atoms with Gasteiger partial charge in [-0.25, -0.2) is 4.39 Å². The van der Waals surface area contributed by atoms with E-state index in [9.17, 15) is 9.18 Å². The zero-order valence-corrected chi connectivity index (χ0v) is 13.3. The van der Waals surface area contributed by atoms with Gasteiger partial charge in [-0.2, -0.15) is 0 Å². The molecule has 1 aliphatic rings. The molecule has 0 atom stereocenters. The Bertz CT molecular complexity index is 701. The molecule has 2 aromatic carbocycles. The summed E-state index contributed by atoms with van der Waals surface area (Å²) in [6.07, 6.45) is 2.12. The summed E-state index contributed by atoms with van der Waals surface area (Å²) in [5.74, 6) is -0.263. The Kier molecular flexibility index (Phi) is 4.60. The first-order valence-electron chi connectivity index (χ1n) is 7.95. The van der Waals surface area contributed by atoms with Crippen LogP contribution in [0.25, 0.3) is 0 Å². The maximum atomic E-state index is 13.7. The molecule has 0 fully saturated rings. The highest BCUT2D eigenvalue weighted by Crippen LogP contribution is 2.26. The van der Waals surface area contributed by atoms with Crippen LogP contribution in [0.3, 0.4) is 0 Å². The van der Waals surface area contributed by atoms with Crippen LogP contribution in [0.5, 0.6) is 0 Å². The molecule has 0 bridgehead atoms. The molecule has 3 rings (SSSR count).